The van der Waals surface area contributed by atoms with Gasteiger partial charge in [0.2, 0.25) is 0 Å². The van der Waals surface area contributed by atoms with Gasteiger partial charge in [-0.05, 0) is 45.2 Å². The summed E-state index contributed by atoms with van der Waals surface area (Å²) in [4.78, 5) is 4.27. The number of hydrogen-bond acceptors (Lipinski definition) is 3. The van der Waals surface area contributed by atoms with Crippen LogP contribution in [0.1, 0.15) is 31.9 Å². The Bertz CT molecular complexity index is 334. The highest BCUT2D eigenvalue weighted by molar-refractivity contribution is 5.47. The fraction of sp³-hybridized carbons (Fsp3) is 0.615. The van der Waals surface area contributed by atoms with Gasteiger partial charge in [0.15, 0.2) is 0 Å². The van der Waals surface area contributed by atoms with Crippen LogP contribution in [-0.4, -0.2) is 23.7 Å². The zero-order valence-electron chi connectivity index (χ0n) is 10.1. The number of ether oxygens (including phenoxy) is 1. The molecule has 0 amide bonds. The van der Waals surface area contributed by atoms with Gasteiger partial charge in [0.1, 0.15) is 0 Å². The molecule has 1 aromatic rings. The zero-order valence-corrected chi connectivity index (χ0v) is 10.1. The van der Waals surface area contributed by atoms with E-state index in [0.29, 0.717) is 12.1 Å². The number of rotatable bonds is 4. The third kappa shape index (κ3) is 2.95. The summed E-state index contributed by atoms with van der Waals surface area (Å²) in [6.45, 7) is 5.17. The van der Waals surface area contributed by atoms with Gasteiger partial charge >= 0.3 is 0 Å². The fourth-order valence-electron chi connectivity index (χ4n) is 2.19. The van der Waals surface area contributed by atoms with E-state index in [1.165, 1.54) is 12.8 Å². The summed E-state index contributed by atoms with van der Waals surface area (Å²) in [5.74, 6) is 0. The second-order valence-electron chi connectivity index (χ2n) is 4.55. The molecular formula is C13H20N2O. The van der Waals surface area contributed by atoms with Crippen molar-refractivity contribution in [2.45, 2.75) is 45.3 Å². The van der Waals surface area contributed by atoms with Gasteiger partial charge in [0, 0.05) is 18.8 Å². The molecule has 2 rings (SSSR count). The Morgan fingerprint density at radius 1 is 1.62 bits per heavy atom. The Balaban J connectivity index is 1.86. The van der Waals surface area contributed by atoms with Crippen molar-refractivity contribution in [1.29, 1.82) is 0 Å². The lowest BCUT2D eigenvalue weighted by molar-refractivity contribution is 0.101. The fourth-order valence-corrected chi connectivity index (χ4v) is 2.19. The number of nitrogens with zero attached hydrogens (tertiary/aromatic N) is 1. The van der Waals surface area contributed by atoms with Crippen molar-refractivity contribution in [2.24, 2.45) is 0 Å². The maximum absolute atomic E-state index is 5.64. The third-order valence-corrected chi connectivity index (χ3v) is 3.05. The number of nitrogens with one attached hydrogen (secondary N) is 1. The van der Waals surface area contributed by atoms with Gasteiger partial charge in [0.25, 0.3) is 0 Å². The topological polar surface area (TPSA) is 34.2 Å². The molecule has 16 heavy (non-hydrogen) atoms. The first-order valence-electron chi connectivity index (χ1n) is 6.05. The second-order valence-corrected chi connectivity index (χ2v) is 4.55. The van der Waals surface area contributed by atoms with Crippen LogP contribution in [0, 0.1) is 6.92 Å². The third-order valence-electron chi connectivity index (χ3n) is 3.05. The van der Waals surface area contributed by atoms with Gasteiger partial charge in [-0.3, -0.25) is 4.98 Å². The Labute approximate surface area is 97.2 Å². The molecular weight excluding hydrogens is 200 g/mol. The summed E-state index contributed by atoms with van der Waals surface area (Å²) in [5, 5.41) is 3.49. The van der Waals surface area contributed by atoms with E-state index in [4.69, 9.17) is 4.74 Å². The smallest absolute Gasteiger partial charge is 0.0603 e. The Morgan fingerprint density at radius 3 is 3.19 bits per heavy atom. The maximum atomic E-state index is 5.64. The number of hydrogen-bond donors (Lipinski definition) is 1. The minimum absolute atomic E-state index is 0.436. The van der Waals surface area contributed by atoms with Gasteiger partial charge < -0.3 is 10.1 Å². The molecule has 0 bridgehead atoms. The van der Waals surface area contributed by atoms with Crippen molar-refractivity contribution in [2.75, 3.05) is 11.9 Å². The van der Waals surface area contributed by atoms with Crippen LogP contribution < -0.4 is 5.32 Å². The van der Waals surface area contributed by atoms with Gasteiger partial charge in [-0.15, -0.1) is 0 Å². The maximum Gasteiger partial charge on any atom is 0.0603 e. The van der Waals surface area contributed by atoms with Gasteiger partial charge in [-0.25, -0.2) is 0 Å². The lowest BCUT2D eigenvalue weighted by Crippen LogP contribution is -2.22. The second kappa shape index (κ2) is 5.30. The normalized spacial score (nSPS) is 22.0. The van der Waals surface area contributed by atoms with Crippen molar-refractivity contribution < 1.29 is 4.74 Å². The van der Waals surface area contributed by atoms with E-state index in [1.807, 2.05) is 19.2 Å². The number of aryl methyl sites for hydroxylation is 1. The molecule has 1 fully saturated rings. The summed E-state index contributed by atoms with van der Waals surface area (Å²) in [7, 11) is 0. The van der Waals surface area contributed by atoms with E-state index in [1.54, 1.807) is 0 Å². The molecule has 3 nitrogen and oxygen atoms in total. The van der Waals surface area contributed by atoms with Crippen LogP contribution in [0.5, 0.6) is 0 Å². The van der Waals surface area contributed by atoms with Crippen molar-refractivity contribution in [1.82, 2.24) is 4.98 Å². The van der Waals surface area contributed by atoms with Crippen molar-refractivity contribution in [3.63, 3.8) is 0 Å². The molecule has 1 saturated heterocycles. The SMILES string of the molecule is Cc1ncccc1NC(C)CC1CCCO1. The molecule has 0 aromatic carbocycles. The highest BCUT2D eigenvalue weighted by Gasteiger charge is 2.18. The van der Waals surface area contributed by atoms with Gasteiger partial charge in [0.05, 0.1) is 17.5 Å². The number of aromatic nitrogens is 1. The average molecular weight is 220 g/mol. The summed E-state index contributed by atoms with van der Waals surface area (Å²) in [6, 6.07) is 4.48. The molecule has 0 saturated carbocycles. The molecule has 2 atom stereocenters. The molecule has 1 aliphatic heterocycles. The van der Waals surface area contributed by atoms with Crippen LogP contribution in [0.15, 0.2) is 18.3 Å². The standard InChI is InChI=1S/C13H20N2O/c1-10(9-12-5-4-8-16-12)15-13-6-3-7-14-11(13)2/h3,6-7,10,12,15H,4-5,8-9H2,1-2H3. The highest BCUT2D eigenvalue weighted by atomic mass is 16.5. The molecule has 1 aliphatic rings. The predicted molar refractivity (Wildman–Crippen MR) is 65.6 cm³/mol. The van der Waals surface area contributed by atoms with Gasteiger partial charge in [-0.1, -0.05) is 0 Å². The molecule has 88 valence electrons. The summed E-state index contributed by atoms with van der Waals surface area (Å²) in [6.07, 6.45) is 5.76. The van der Waals surface area contributed by atoms with Crippen molar-refractivity contribution >= 4 is 5.69 Å². The largest absolute Gasteiger partial charge is 0.381 e. The number of anilines is 1. The highest BCUT2D eigenvalue weighted by Crippen LogP contribution is 2.19. The molecule has 1 aromatic heterocycles. The average Bonchev–Trinajstić information content (AvgIpc) is 2.74. The van der Waals surface area contributed by atoms with Crippen LogP contribution in [0.25, 0.3) is 0 Å². The summed E-state index contributed by atoms with van der Waals surface area (Å²) in [5.41, 5.74) is 2.19. The molecule has 3 heteroatoms. The van der Waals surface area contributed by atoms with Crippen molar-refractivity contribution in [3.05, 3.63) is 24.0 Å². The first kappa shape index (κ1) is 11.4. The first-order chi connectivity index (χ1) is 7.75. The molecule has 0 radical (unpaired) electrons. The van der Waals surface area contributed by atoms with E-state index in [9.17, 15) is 0 Å². The summed E-state index contributed by atoms with van der Waals surface area (Å²) >= 11 is 0. The molecule has 1 N–H and O–H groups in total. The number of pyridine rings is 1. The van der Waals surface area contributed by atoms with Crippen LogP contribution in [-0.2, 0) is 4.74 Å². The molecule has 0 aliphatic carbocycles. The van der Waals surface area contributed by atoms with Gasteiger partial charge in [-0.2, -0.15) is 0 Å². The Kier molecular flexibility index (Phi) is 3.78. The minimum Gasteiger partial charge on any atom is -0.381 e. The van der Waals surface area contributed by atoms with E-state index < -0.39 is 0 Å². The predicted octanol–water partition coefficient (Wildman–Crippen LogP) is 2.76. The lowest BCUT2D eigenvalue weighted by atomic mass is 10.1. The lowest BCUT2D eigenvalue weighted by Gasteiger charge is -2.19. The molecule has 2 unspecified atom stereocenters. The Morgan fingerprint density at radius 2 is 2.50 bits per heavy atom. The quantitative estimate of drug-likeness (QED) is 0.847. The van der Waals surface area contributed by atoms with Crippen LogP contribution >= 0.6 is 0 Å². The minimum atomic E-state index is 0.436. The molecule has 2 heterocycles. The first-order valence-corrected chi connectivity index (χ1v) is 6.05. The van der Waals surface area contributed by atoms with Crippen molar-refractivity contribution in [3.8, 4) is 0 Å². The zero-order chi connectivity index (χ0) is 11.4. The van der Waals surface area contributed by atoms with Crippen LogP contribution in [0.4, 0.5) is 5.69 Å². The monoisotopic (exact) mass is 220 g/mol. The summed E-state index contributed by atoms with van der Waals surface area (Å²) < 4.78 is 5.64. The van der Waals surface area contributed by atoms with E-state index in [0.717, 1.165) is 24.4 Å². The van der Waals surface area contributed by atoms with E-state index in [2.05, 4.69) is 23.3 Å². The molecule has 0 spiro atoms. The van der Waals surface area contributed by atoms with Crippen LogP contribution in [0.3, 0.4) is 0 Å². The van der Waals surface area contributed by atoms with E-state index in [-0.39, 0.29) is 0 Å². The van der Waals surface area contributed by atoms with E-state index >= 15 is 0 Å². The Hall–Kier alpha value is -1.09. The van der Waals surface area contributed by atoms with Crippen LogP contribution in [0.2, 0.25) is 0 Å².